The number of amides is 1. The van der Waals surface area contributed by atoms with Crippen LogP contribution in [-0.4, -0.2) is 43.3 Å². The van der Waals surface area contributed by atoms with Crippen LogP contribution < -0.4 is 5.32 Å². The SMILES string of the molecule is CNCC1CC1C1CN(C(=O)OC(C)(C)C)C1. The van der Waals surface area contributed by atoms with Crippen molar-refractivity contribution in [2.24, 2.45) is 17.8 Å². The Bertz CT molecular complexity index is 292. The quantitative estimate of drug-likeness (QED) is 0.816. The lowest BCUT2D eigenvalue weighted by Crippen LogP contribution is -2.52. The molecule has 1 N–H and O–H groups in total. The second-order valence-electron chi connectivity index (χ2n) is 6.36. The van der Waals surface area contributed by atoms with Crippen LogP contribution in [0.25, 0.3) is 0 Å². The Labute approximate surface area is 104 Å². The number of rotatable bonds is 3. The van der Waals surface area contributed by atoms with Gasteiger partial charge < -0.3 is 15.0 Å². The van der Waals surface area contributed by atoms with Crippen molar-refractivity contribution in [1.82, 2.24) is 10.2 Å². The van der Waals surface area contributed by atoms with Crippen molar-refractivity contribution < 1.29 is 9.53 Å². The van der Waals surface area contributed by atoms with E-state index in [4.69, 9.17) is 4.74 Å². The molecule has 1 aliphatic carbocycles. The molecule has 2 fully saturated rings. The highest BCUT2D eigenvalue weighted by Crippen LogP contribution is 2.47. The molecule has 2 unspecified atom stereocenters. The van der Waals surface area contributed by atoms with Crippen LogP contribution in [0.1, 0.15) is 27.2 Å². The zero-order chi connectivity index (χ0) is 12.6. The van der Waals surface area contributed by atoms with Gasteiger partial charge in [0, 0.05) is 13.1 Å². The Morgan fingerprint density at radius 2 is 2.06 bits per heavy atom. The number of carbonyl (C=O) groups is 1. The van der Waals surface area contributed by atoms with E-state index >= 15 is 0 Å². The Morgan fingerprint density at radius 1 is 1.41 bits per heavy atom. The summed E-state index contributed by atoms with van der Waals surface area (Å²) in [6.07, 6.45) is 1.17. The molecule has 2 rings (SSSR count). The molecule has 1 heterocycles. The predicted octanol–water partition coefficient (Wildman–Crippen LogP) is 1.71. The molecule has 0 spiro atoms. The van der Waals surface area contributed by atoms with Crippen molar-refractivity contribution in [3.63, 3.8) is 0 Å². The van der Waals surface area contributed by atoms with E-state index in [0.29, 0.717) is 5.92 Å². The molecule has 0 aromatic rings. The maximum atomic E-state index is 11.7. The highest BCUT2D eigenvalue weighted by molar-refractivity contribution is 5.69. The van der Waals surface area contributed by atoms with Gasteiger partial charge in [-0.1, -0.05) is 0 Å². The largest absolute Gasteiger partial charge is 0.444 e. The van der Waals surface area contributed by atoms with Crippen molar-refractivity contribution in [1.29, 1.82) is 0 Å². The van der Waals surface area contributed by atoms with E-state index in [9.17, 15) is 4.79 Å². The van der Waals surface area contributed by atoms with Gasteiger partial charge in [-0.2, -0.15) is 0 Å². The average Bonchev–Trinajstić information content (AvgIpc) is 2.78. The second kappa shape index (κ2) is 4.48. The van der Waals surface area contributed by atoms with Crippen LogP contribution in [0.3, 0.4) is 0 Å². The Hall–Kier alpha value is -0.770. The van der Waals surface area contributed by atoms with Gasteiger partial charge in [0.05, 0.1) is 0 Å². The van der Waals surface area contributed by atoms with Crippen molar-refractivity contribution >= 4 is 6.09 Å². The molecule has 2 atom stereocenters. The van der Waals surface area contributed by atoms with Gasteiger partial charge >= 0.3 is 6.09 Å². The molecule has 4 nitrogen and oxygen atoms in total. The maximum Gasteiger partial charge on any atom is 0.410 e. The summed E-state index contributed by atoms with van der Waals surface area (Å²) in [4.78, 5) is 13.6. The number of hydrogen-bond donors (Lipinski definition) is 1. The first kappa shape index (κ1) is 12.7. The maximum absolute atomic E-state index is 11.7. The van der Waals surface area contributed by atoms with E-state index in [1.165, 1.54) is 6.42 Å². The lowest BCUT2D eigenvalue weighted by molar-refractivity contribution is -0.00496. The van der Waals surface area contributed by atoms with Gasteiger partial charge in [0.2, 0.25) is 0 Å². The van der Waals surface area contributed by atoms with Gasteiger partial charge in [-0.05, 0) is 58.5 Å². The molecule has 0 aromatic heterocycles. The molecular weight excluding hydrogens is 216 g/mol. The first-order valence-electron chi connectivity index (χ1n) is 6.53. The van der Waals surface area contributed by atoms with Gasteiger partial charge in [0.25, 0.3) is 0 Å². The van der Waals surface area contributed by atoms with Crippen LogP contribution in [0, 0.1) is 17.8 Å². The van der Waals surface area contributed by atoms with E-state index in [1.807, 2.05) is 32.7 Å². The summed E-state index contributed by atoms with van der Waals surface area (Å²) in [5.74, 6) is 2.38. The number of carbonyl (C=O) groups excluding carboxylic acids is 1. The van der Waals surface area contributed by atoms with Crippen LogP contribution in [-0.2, 0) is 4.74 Å². The fourth-order valence-corrected chi connectivity index (χ4v) is 2.60. The standard InChI is InChI=1S/C13H24N2O2/c1-13(2,3)17-12(16)15-7-10(8-15)11-5-9(11)6-14-4/h9-11,14H,5-8H2,1-4H3. The first-order valence-corrected chi connectivity index (χ1v) is 6.53. The van der Waals surface area contributed by atoms with E-state index < -0.39 is 0 Å². The number of nitrogens with zero attached hydrogens (tertiary/aromatic N) is 1. The minimum absolute atomic E-state index is 0.153. The normalized spacial score (nSPS) is 28.8. The van der Waals surface area contributed by atoms with Gasteiger partial charge in [0.15, 0.2) is 0 Å². The van der Waals surface area contributed by atoms with E-state index in [0.717, 1.165) is 31.5 Å². The second-order valence-corrected chi connectivity index (χ2v) is 6.36. The zero-order valence-electron chi connectivity index (χ0n) is 11.3. The molecule has 1 saturated carbocycles. The topological polar surface area (TPSA) is 41.6 Å². The minimum atomic E-state index is -0.379. The minimum Gasteiger partial charge on any atom is -0.444 e. The molecule has 2 aliphatic rings. The van der Waals surface area contributed by atoms with Gasteiger partial charge in [-0.3, -0.25) is 0 Å². The Kier molecular flexibility index (Phi) is 3.34. The van der Waals surface area contributed by atoms with E-state index in [2.05, 4.69) is 5.32 Å². The third kappa shape index (κ3) is 3.12. The van der Waals surface area contributed by atoms with Gasteiger partial charge in [0.1, 0.15) is 5.60 Å². The lowest BCUT2D eigenvalue weighted by Gasteiger charge is -2.40. The summed E-state index contributed by atoms with van der Waals surface area (Å²) < 4.78 is 5.34. The molecule has 0 bridgehead atoms. The zero-order valence-corrected chi connectivity index (χ0v) is 11.3. The summed E-state index contributed by atoms with van der Waals surface area (Å²) in [6, 6.07) is 0. The predicted molar refractivity (Wildman–Crippen MR) is 66.8 cm³/mol. The Balaban J connectivity index is 1.68. The van der Waals surface area contributed by atoms with Crippen LogP contribution in [0.15, 0.2) is 0 Å². The van der Waals surface area contributed by atoms with E-state index in [1.54, 1.807) is 0 Å². The van der Waals surface area contributed by atoms with Crippen molar-refractivity contribution in [3.05, 3.63) is 0 Å². The van der Waals surface area contributed by atoms with Crippen LogP contribution in [0.4, 0.5) is 4.79 Å². The third-order valence-corrected chi connectivity index (χ3v) is 3.61. The average molecular weight is 240 g/mol. The molecule has 0 aromatic carbocycles. The molecule has 17 heavy (non-hydrogen) atoms. The van der Waals surface area contributed by atoms with E-state index in [-0.39, 0.29) is 11.7 Å². The molecule has 1 amide bonds. The summed E-state index contributed by atoms with van der Waals surface area (Å²) in [5, 5.41) is 3.22. The monoisotopic (exact) mass is 240 g/mol. The van der Waals surface area contributed by atoms with Gasteiger partial charge in [-0.25, -0.2) is 4.79 Å². The van der Waals surface area contributed by atoms with Crippen molar-refractivity contribution in [2.45, 2.75) is 32.8 Å². The number of hydrogen-bond acceptors (Lipinski definition) is 3. The Morgan fingerprint density at radius 3 is 2.59 bits per heavy atom. The number of nitrogens with one attached hydrogen (secondary N) is 1. The molecule has 0 radical (unpaired) electrons. The van der Waals surface area contributed by atoms with Gasteiger partial charge in [-0.15, -0.1) is 0 Å². The highest BCUT2D eigenvalue weighted by Gasteiger charge is 2.48. The lowest BCUT2D eigenvalue weighted by atomic mass is 9.94. The third-order valence-electron chi connectivity index (χ3n) is 3.61. The summed E-state index contributed by atoms with van der Waals surface area (Å²) in [6.45, 7) is 8.62. The fraction of sp³-hybridized carbons (Fsp3) is 0.923. The molecule has 1 aliphatic heterocycles. The summed E-state index contributed by atoms with van der Waals surface area (Å²) >= 11 is 0. The molecule has 1 saturated heterocycles. The highest BCUT2D eigenvalue weighted by atomic mass is 16.6. The summed E-state index contributed by atoms with van der Waals surface area (Å²) in [5.41, 5.74) is -0.379. The number of likely N-dealkylation sites (tertiary alicyclic amines) is 1. The van der Waals surface area contributed by atoms with Crippen molar-refractivity contribution in [3.8, 4) is 0 Å². The first-order chi connectivity index (χ1) is 7.90. The smallest absolute Gasteiger partial charge is 0.410 e. The molecular formula is C13H24N2O2. The van der Waals surface area contributed by atoms with Crippen LogP contribution >= 0.6 is 0 Å². The van der Waals surface area contributed by atoms with Crippen LogP contribution in [0.5, 0.6) is 0 Å². The molecule has 4 heteroatoms. The number of ether oxygens (including phenoxy) is 1. The van der Waals surface area contributed by atoms with Crippen LogP contribution in [0.2, 0.25) is 0 Å². The van der Waals surface area contributed by atoms with Crippen molar-refractivity contribution in [2.75, 3.05) is 26.7 Å². The fourth-order valence-electron chi connectivity index (χ4n) is 2.60. The molecule has 98 valence electrons. The summed E-state index contributed by atoms with van der Waals surface area (Å²) in [7, 11) is 2.00.